The normalized spacial score (nSPS) is 17.7. The molecule has 0 bridgehead atoms. The van der Waals surface area contributed by atoms with Gasteiger partial charge in [0.25, 0.3) is 0 Å². The van der Waals surface area contributed by atoms with Crippen LogP contribution in [0.15, 0.2) is 0 Å². The van der Waals surface area contributed by atoms with Gasteiger partial charge >= 0.3 is 0 Å². The fraction of sp³-hybridized carbons (Fsp3) is 0.900. The van der Waals surface area contributed by atoms with E-state index in [1.54, 1.807) is 11.8 Å². The summed E-state index contributed by atoms with van der Waals surface area (Å²) in [6, 6.07) is 0. The monoisotopic (exact) mass is 232 g/mol. The molecule has 1 aliphatic rings. The number of morpholine rings is 1. The van der Waals surface area contributed by atoms with Crippen molar-refractivity contribution in [2.24, 2.45) is 0 Å². The lowest BCUT2D eigenvalue weighted by Crippen LogP contribution is -2.42. The van der Waals surface area contributed by atoms with Crippen LogP contribution >= 0.6 is 11.8 Å². The molecule has 0 aliphatic carbocycles. The summed E-state index contributed by atoms with van der Waals surface area (Å²) in [7, 11) is 1.87. The average molecular weight is 232 g/mol. The van der Waals surface area contributed by atoms with Gasteiger partial charge in [-0.25, -0.2) is 0 Å². The Morgan fingerprint density at radius 2 is 2.13 bits per heavy atom. The van der Waals surface area contributed by atoms with E-state index in [1.807, 2.05) is 18.2 Å². The quantitative estimate of drug-likeness (QED) is 0.675. The van der Waals surface area contributed by atoms with Crippen LogP contribution in [0.25, 0.3) is 0 Å². The molecule has 0 atom stereocenters. The molecule has 1 saturated heterocycles. The summed E-state index contributed by atoms with van der Waals surface area (Å²) in [5.41, 5.74) is 0. The molecule has 0 aromatic heterocycles. The molecule has 0 aromatic carbocycles. The Hall–Kier alpha value is -0.260. The molecule has 1 fully saturated rings. The highest BCUT2D eigenvalue weighted by Crippen LogP contribution is 1.99. The topological polar surface area (TPSA) is 32.8 Å². The highest BCUT2D eigenvalue weighted by molar-refractivity contribution is 7.99. The van der Waals surface area contributed by atoms with Crippen molar-refractivity contribution in [3.63, 3.8) is 0 Å². The molecule has 0 saturated carbocycles. The number of rotatable bonds is 5. The van der Waals surface area contributed by atoms with Crippen molar-refractivity contribution in [2.45, 2.75) is 0 Å². The summed E-state index contributed by atoms with van der Waals surface area (Å²) in [6.07, 6.45) is 1.95. The Kier molecular flexibility index (Phi) is 6.05. The molecule has 1 heterocycles. The number of nitrogens with zero attached hydrogens (tertiary/aromatic N) is 2. The third kappa shape index (κ3) is 4.86. The van der Waals surface area contributed by atoms with Crippen molar-refractivity contribution in [3.8, 4) is 0 Å². The molecule has 1 amide bonds. The number of hydrogen-bond acceptors (Lipinski definition) is 4. The van der Waals surface area contributed by atoms with Crippen LogP contribution in [0, 0.1) is 0 Å². The van der Waals surface area contributed by atoms with Crippen LogP contribution in [0.4, 0.5) is 0 Å². The lowest BCUT2D eigenvalue weighted by molar-refractivity contribution is -0.127. The second-order valence-corrected chi connectivity index (χ2v) is 4.57. The Labute approximate surface area is 95.9 Å². The molecule has 0 unspecified atom stereocenters. The van der Waals surface area contributed by atoms with Gasteiger partial charge in [-0.15, -0.1) is 0 Å². The number of hydrogen-bond donors (Lipinski definition) is 0. The van der Waals surface area contributed by atoms with Gasteiger partial charge in [-0.2, -0.15) is 11.8 Å². The minimum absolute atomic E-state index is 0.218. The maximum absolute atomic E-state index is 11.5. The van der Waals surface area contributed by atoms with E-state index in [9.17, 15) is 4.79 Å². The first kappa shape index (κ1) is 12.8. The minimum atomic E-state index is 0.218. The first-order valence-corrected chi connectivity index (χ1v) is 6.66. The molecule has 4 nitrogen and oxygen atoms in total. The van der Waals surface area contributed by atoms with E-state index in [1.165, 1.54) is 0 Å². The SMILES string of the molecule is CSCC(=O)N(C)CCN1CCOCC1. The summed E-state index contributed by atoms with van der Waals surface area (Å²) >= 11 is 1.57. The Bertz CT molecular complexity index is 196. The summed E-state index contributed by atoms with van der Waals surface area (Å²) in [5, 5.41) is 0. The lowest BCUT2D eigenvalue weighted by Gasteiger charge is -2.28. The van der Waals surface area contributed by atoms with E-state index in [2.05, 4.69) is 4.90 Å². The summed E-state index contributed by atoms with van der Waals surface area (Å²) in [4.78, 5) is 15.6. The number of ether oxygens (including phenoxy) is 1. The van der Waals surface area contributed by atoms with Crippen molar-refractivity contribution >= 4 is 17.7 Å². The van der Waals surface area contributed by atoms with Crippen LogP contribution in [0.3, 0.4) is 0 Å². The van der Waals surface area contributed by atoms with Gasteiger partial charge in [0.05, 0.1) is 19.0 Å². The second kappa shape index (κ2) is 7.09. The molecule has 0 N–H and O–H groups in total. The van der Waals surface area contributed by atoms with Crippen LogP contribution in [0.5, 0.6) is 0 Å². The largest absolute Gasteiger partial charge is 0.379 e. The van der Waals surface area contributed by atoms with E-state index in [4.69, 9.17) is 4.74 Å². The first-order chi connectivity index (χ1) is 7.24. The zero-order valence-electron chi connectivity index (χ0n) is 9.57. The predicted octanol–water partition coefficient (Wildman–Crippen LogP) is 0.140. The van der Waals surface area contributed by atoms with E-state index >= 15 is 0 Å². The van der Waals surface area contributed by atoms with Crippen LogP contribution in [0.1, 0.15) is 0 Å². The second-order valence-electron chi connectivity index (χ2n) is 3.70. The zero-order chi connectivity index (χ0) is 11.1. The summed E-state index contributed by atoms with van der Waals surface area (Å²) in [5.74, 6) is 0.801. The molecular formula is C10H20N2O2S. The Morgan fingerprint density at radius 1 is 1.47 bits per heavy atom. The maximum atomic E-state index is 11.5. The van der Waals surface area contributed by atoms with Crippen molar-refractivity contribution < 1.29 is 9.53 Å². The summed E-state index contributed by atoms with van der Waals surface area (Å²) in [6.45, 7) is 5.40. The highest BCUT2D eigenvalue weighted by atomic mass is 32.2. The zero-order valence-corrected chi connectivity index (χ0v) is 10.4. The van der Waals surface area contributed by atoms with Crippen LogP contribution in [0.2, 0.25) is 0 Å². The van der Waals surface area contributed by atoms with Crippen LogP contribution < -0.4 is 0 Å². The van der Waals surface area contributed by atoms with Crippen molar-refractivity contribution in [2.75, 3.05) is 58.4 Å². The molecule has 5 heteroatoms. The van der Waals surface area contributed by atoms with Gasteiger partial charge in [0.1, 0.15) is 0 Å². The number of amides is 1. The van der Waals surface area contributed by atoms with Gasteiger partial charge in [0.15, 0.2) is 0 Å². The number of thioether (sulfide) groups is 1. The standard InChI is InChI=1S/C10H20N2O2S/c1-11(10(13)9-15-2)3-4-12-5-7-14-8-6-12/h3-9H2,1-2H3. The Balaban J connectivity index is 2.14. The fourth-order valence-electron chi connectivity index (χ4n) is 1.47. The van der Waals surface area contributed by atoms with E-state index in [0.717, 1.165) is 39.4 Å². The molecule has 88 valence electrons. The molecule has 0 spiro atoms. The predicted molar refractivity (Wildman–Crippen MR) is 63.3 cm³/mol. The van der Waals surface area contributed by atoms with Crippen molar-refractivity contribution in [3.05, 3.63) is 0 Å². The first-order valence-electron chi connectivity index (χ1n) is 5.27. The minimum Gasteiger partial charge on any atom is -0.379 e. The summed E-state index contributed by atoms with van der Waals surface area (Å²) < 4.78 is 5.27. The third-order valence-electron chi connectivity index (χ3n) is 2.55. The third-order valence-corrected chi connectivity index (χ3v) is 3.08. The van der Waals surface area contributed by atoms with Gasteiger partial charge < -0.3 is 9.64 Å². The number of carbonyl (C=O) groups is 1. The lowest BCUT2D eigenvalue weighted by atomic mass is 10.4. The molecular weight excluding hydrogens is 212 g/mol. The smallest absolute Gasteiger partial charge is 0.232 e. The Morgan fingerprint density at radius 3 is 2.73 bits per heavy atom. The van der Waals surface area contributed by atoms with Crippen LogP contribution in [-0.2, 0) is 9.53 Å². The molecule has 15 heavy (non-hydrogen) atoms. The van der Waals surface area contributed by atoms with E-state index < -0.39 is 0 Å². The van der Waals surface area contributed by atoms with Gasteiger partial charge in [-0.3, -0.25) is 9.69 Å². The highest BCUT2D eigenvalue weighted by Gasteiger charge is 2.12. The number of likely N-dealkylation sites (N-methyl/N-ethyl adjacent to an activating group) is 1. The van der Waals surface area contributed by atoms with Gasteiger partial charge in [0, 0.05) is 33.2 Å². The molecule has 0 aromatic rings. The van der Waals surface area contributed by atoms with Crippen molar-refractivity contribution in [1.82, 2.24) is 9.80 Å². The number of carbonyl (C=O) groups excluding carboxylic acids is 1. The average Bonchev–Trinajstić information content (AvgIpc) is 2.27. The van der Waals surface area contributed by atoms with Crippen molar-refractivity contribution in [1.29, 1.82) is 0 Å². The molecule has 0 radical (unpaired) electrons. The van der Waals surface area contributed by atoms with Gasteiger partial charge in [-0.05, 0) is 6.26 Å². The molecule has 1 aliphatic heterocycles. The van der Waals surface area contributed by atoms with Crippen LogP contribution in [-0.4, -0.2) is 74.2 Å². The van der Waals surface area contributed by atoms with Gasteiger partial charge in [-0.1, -0.05) is 0 Å². The maximum Gasteiger partial charge on any atom is 0.232 e. The van der Waals surface area contributed by atoms with Gasteiger partial charge in [0.2, 0.25) is 5.91 Å². The van der Waals surface area contributed by atoms with E-state index in [-0.39, 0.29) is 5.91 Å². The fourth-order valence-corrected chi connectivity index (χ4v) is 1.94. The van der Waals surface area contributed by atoms with E-state index in [0.29, 0.717) is 5.75 Å². The molecule has 1 rings (SSSR count).